The zero-order valence-corrected chi connectivity index (χ0v) is 16.2. The van der Waals surface area contributed by atoms with Crippen LogP contribution >= 0.6 is 0 Å². The molecule has 29 heavy (non-hydrogen) atoms. The number of aromatic nitrogens is 4. The number of nitrogens with one attached hydrogen (secondary N) is 2. The van der Waals surface area contributed by atoms with Crippen molar-refractivity contribution in [2.24, 2.45) is 0 Å². The molecule has 0 radical (unpaired) electrons. The Hall–Kier alpha value is -3.82. The van der Waals surface area contributed by atoms with Gasteiger partial charge >= 0.3 is 12.0 Å². The second-order valence-electron chi connectivity index (χ2n) is 5.92. The Bertz CT molecular complexity index is 1030. The van der Waals surface area contributed by atoms with Gasteiger partial charge in [0.1, 0.15) is 5.82 Å². The number of anilines is 1. The minimum atomic E-state index is -0.471. The molecule has 2 amide bonds. The third kappa shape index (κ3) is 4.72. The number of carbonyl (C=O) groups is 2. The van der Waals surface area contributed by atoms with Gasteiger partial charge in [-0.1, -0.05) is 5.16 Å². The number of carbonyl (C=O) groups excluding carboxylic acids is 2. The van der Waals surface area contributed by atoms with E-state index in [2.05, 4.69) is 30.7 Å². The fourth-order valence-electron chi connectivity index (χ4n) is 2.58. The average molecular weight is 396 g/mol. The fourth-order valence-corrected chi connectivity index (χ4v) is 2.58. The maximum absolute atomic E-state index is 12.1. The van der Waals surface area contributed by atoms with Crippen LogP contribution < -0.4 is 10.6 Å². The number of nitrogens with zero attached hydrogens (tertiary/aromatic N) is 4. The van der Waals surface area contributed by atoms with Crippen LogP contribution in [0, 0.1) is 6.92 Å². The van der Waals surface area contributed by atoms with Gasteiger partial charge in [-0.15, -0.1) is 0 Å². The number of ether oxygens (including phenoxy) is 1. The lowest BCUT2D eigenvalue weighted by Crippen LogP contribution is -2.28. The number of rotatable bonds is 6. The van der Waals surface area contributed by atoms with E-state index in [4.69, 9.17) is 9.26 Å². The van der Waals surface area contributed by atoms with Crippen LogP contribution in [0.4, 0.5) is 10.6 Å². The summed E-state index contributed by atoms with van der Waals surface area (Å²) in [6.45, 7) is 5.96. The molecule has 0 aliphatic carbocycles. The minimum Gasteiger partial charge on any atom is -0.462 e. The highest BCUT2D eigenvalue weighted by atomic mass is 16.5. The van der Waals surface area contributed by atoms with Gasteiger partial charge in [0.25, 0.3) is 0 Å². The molecule has 0 atom stereocenters. The van der Waals surface area contributed by atoms with E-state index in [-0.39, 0.29) is 12.6 Å². The molecule has 3 aromatic rings. The Morgan fingerprint density at radius 2 is 1.97 bits per heavy atom. The molecular formula is C19H20N6O4. The van der Waals surface area contributed by atoms with Gasteiger partial charge < -0.3 is 14.6 Å². The summed E-state index contributed by atoms with van der Waals surface area (Å²) < 4.78 is 10.1. The first-order valence-electron chi connectivity index (χ1n) is 9.00. The standard InChI is InChI=1S/C19H20N6O4/c1-4-21-19(27)24-16-7-14(17-23-11(3)29-25-17)15(10-22-16)12-6-13(9-20-8-12)18(26)28-5-2/h6-10H,4-5H2,1-3H3,(H2,21,22,24,27). The molecule has 0 aliphatic rings. The van der Waals surface area contributed by atoms with Crippen molar-refractivity contribution in [2.45, 2.75) is 20.8 Å². The topological polar surface area (TPSA) is 132 Å². The molecule has 0 aliphatic heterocycles. The van der Waals surface area contributed by atoms with Gasteiger partial charge in [-0.2, -0.15) is 4.98 Å². The first-order chi connectivity index (χ1) is 14.0. The van der Waals surface area contributed by atoms with Crippen molar-refractivity contribution >= 4 is 17.8 Å². The molecule has 0 bridgehead atoms. The average Bonchev–Trinajstić information content (AvgIpc) is 3.14. The smallest absolute Gasteiger partial charge is 0.339 e. The number of esters is 1. The molecule has 2 N–H and O–H groups in total. The van der Waals surface area contributed by atoms with Crippen molar-refractivity contribution in [3.63, 3.8) is 0 Å². The summed E-state index contributed by atoms with van der Waals surface area (Å²) in [6, 6.07) is 2.90. The molecule has 10 heteroatoms. The van der Waals surface area contributed by atoms with Crippen LogP contribution in [0.3, 0.4) is 0 Å². The molecule has 0 aromatic carbocycles. The highest BCUT2D eigenvalue weighted by molar-refractivity contribution is 5.93. The summed E-state index contributed by atoms with van der Waals surface area (Å²) in [5.74, 6) is 0.549. The zero-order valence-electron chi connectivity index (χ0n) is 16.2. The lowest BCUT2D eigenvalue weighted by molar-refractivity contribution is 0.0526. The van der Waals surface area contributed by atoms with Gasteiger partial charge in [0.2, 0.25) is 11.7 Å². The van der Waals surface area contributed by atoms with E-state index in [1.54, 1.807) is 38.4 Å². The van der Waals surface area contributed by atoms with Gasteiger partial charge in [0, 0.05) is 48.7 Å². The fraction of sp³-hybridized carbons (Fsp3) is 0.263. The Labute approximate surface area is 166 Å². The lowest BCUT2D eigenvalue weighted by atomic mass is 10.0. The summed E-state index contributed by atoms with van der Waals surface area (Å²) in [5, 5.41) is 9.24. The summed E-state index contributed by atoms with van der Waals surface area (Å²) >= 11 is 0. The van der Waals surface area contributed by atoms with Crippen LogP contribution in [0.15, 0.2) is 35.2 Å². The van der Waals surface area contributed by atoms with Crippen LogP contribution in [-0.4, -0.2) is 45.3 Å². The van der Waals surface area contributed by atoms with E-state index in [9.17, 15) is 9.59 Å². The predicted octanol–water partition coefficient (Wildman–Crippen LogP) is 2.82. The lowest BCUT2D eigenvalue weighted by Gasteiger charge is -2.11. The van der Waals surface area contributed by atoms with Crippen molar-refractivity contribution in [3.05, 3.63) is 42.2 Å². The monoisotopic (exact) mass is 396 g/mol. The molecule has 0 saturated heterocycles. The van der Waals surface area contributed by atoms with Crippen molar-refractivity contribution < 1.29 is 18.8 Å². The maximum Gasteiger partial charge on any atom is 0.339 e. The number of pyridine rings is 2. The number of amides is 2. The molecule has 3 heterocycles. The predicted molar refractivity (Wildman–Crippen MR) is 104 cm³/mol. The van der Waals surface area contributed by atoms with Crippen molar-refractivity contribution in [1.82, 2.24) is 25.4 Å². The molecule has 0 spiro atoms. The number of hydrogen-bond acceptors (Lipinski definition) is 8. The number of urea groups is 1. The van der Waals surface area contributed by atoms with Crippen molar-refractivity contribution in [2.75, 3.05) is 18.5 Å². The van der Waals surface area contributed by atoms with Crippen molar-refractivity contribution in [3.8, 4) is 22.5 Å². The Morgan fingerprint density at radius 1 is 1.14 bits per heavy atom. The maximum atomic E-state index is 12.1. The van der Waals surface area contributed by atoms with Crippen LogP contribution in [0.1, 0.15) is 30.1 Å². The number of hydrogen-bond donors (Lipinski definition) is 2. The Balaban J connectivity index is 2.05. The summed E-state index contributed by atoms with van der Waals surface area (Å²) in [7, 11) is 0. The first-order valence-corrected chi connectivity index (χ1v) is 9.00. The van der Waals surface area contributed by atoms with Crippen LogP contribution in [0.2, 0.25) is 0 Å². The van der Waals surface area contributed by atoms with Gasteiger partial charge in [0.05, 0.1) is 12.2 Å². The molecule has 0 fully saturated rings. The SMILES string of the molecule is CCNC(=O)Nc1cc(-c2noc(C)n2)c(-c2cncc(C(=O)OCC)c2)cn1. The van der Waals surface area contributed by atoms with Crippen LogP contribution in [0.5, 0.6) is 0 Å². The summed E-state index contributed by atoms with van der Waals surface area (Å²) in [5.41, 5.74) is 2.10. The van der Waals surface area contributed by atoms with E-state index >= 15 is 0 Å². The van der Waals surface area contributed by atoms with E-state index in [0.717, 1.165) is 0 Å². The largest absolute Gasteiger partial charge is 0.462 e. The van der Waals surface area contributed by atoms with E-state index in [0.29, 0.717) is 46.3 Å². The van der Waals surface area contributed by atoms with E-state index < -0.39 is 5.97 Å². The van der Waals surface area contributed by atoms with E-state index in [1.807, 2.05) is 6.92 Å². The molecule has 3 rings (SSSR count). The first kappa shape index (κ1) is 19.9. The molecule has 3 aromatic heterocycles. The summed E-state index contributed by atoms with van der Waals surface area (Å²) in [4.78, 5) is 36.5. The third-order valence-electron chi connectivity index (χ3n) is 3.81. The van der Waals surface area contributed by atoms with Gasteiger partial charge in [-0.05, 0) is 26.0 Å². The molecule has 0 unspecified atom stereocenters. The Kier molecular flexibility index (Phi) is 6.12. The molecule has 0 saturated carbocycles. The Morgan fingerprint density at radius 3 is 2.66 bits per heavy atom. The summed E-state index contributed by atoms with van der Waals surface area (Å²) in [6.07, 6.45) is 4.57. The second kappa shape index (κ2) is 8.91. The molecular weight excluding hydrogens is 376 g/mol. The van der Waals surface area contributed by atoms with Gasteiger partial charge in [-0.3, -0.25) is 10.3 Å². The van der Waals surface area contributed by atoms with E-state index in [1.165, 1.54) is 6.20 Å². The highest BCUT2D eigenvalue weighted by Crippen LogP contribution is 2.32. The number of aryl methyl sites for hydroxylation is 1. The van der Waals surface area contributed by atoms with Gasteiger partial charge in [-0.25, -0.2) is 14.6 Å². The third-order valence-corrected chi connectivity index (χ3v) is 3.81. The minimum absolute atomic E-state index is 0.262. The van der Waals surface area contributed by atoms with Gasteiger partial charge in [0.15, 0.2) is 0 Å². The quantitative estimate of drug-likeness (QED) is 0.608. The second-order valence-corrected chi connectivity index (χ2v) is 5.92. The van der Waals surface area contributed by atoms with Crippen molar-refractivity contribution in [1.29, 1.82) is 0 Å². The normalized spacial score (nSPS) is 10.4. The zero-order chi connectivity index (χ0) is 20.8. The van der Waals surface area contributed by atoms with Crippen LogP contribution in [-0.2, 0) is 4.74 Å². The molecule has 150 valence electrons. The molecule has 10 nitrogen and oxygen atoms in total. The highest BCUT2D eigenvalue weighted by Gasteiger charge is 2.17. The van der Waals surface area contributed by atoms with Crippen LogP contribution in [0.25, 0.3) is 22.5 Å².